The van der Waals surface area contributed by atoms with Crippen molar-refractivity contribution in [2.45, 2.75) is 36.6 Å². The number of carbonyl (C=O) groups is 1. The summed E-state index contributed by atoms with van der Waals surface area (Å²) in [4.78, 5) is 11.9. The molecule has 1 N–H and O–H groups in total. The first-order valence-electron chi connectivity index (χ1n) is 7.03. The highest BCUT2D eigenvalue weighted by Gasteiger charge is 2.43. The van der Waals surface area contributed by atoms with E-state index in [1.807, 2.05) is 6.92 Å². The second kappa shape index (κ2) is 7.94. The lowest BCUT2D eigenvalue weighted by atomic mass is 9.96. The van der Waals surface area contributed by atoms with Gasteiger partial charge >= 0.3 is 5.97 Å². The number of unbranched alkanes of at least 4 members (excludes halogenated alkanes) is 1. The number of hydrogen-bond donors (Lipinski definition) is 1. The number of esters is 1. The third-order valence-corrected chi connectivity index (χ3v) is 4.82. The molecule has 1 unspecified atom stereocenters. The molecule has 23 heavy (non-hydrogen) atoms. The minimum absolute atomic E-state index is 0.0298. The highest BCUT2D eigenvalue weighted by molar-refractivity contribution is 7.89. The summed E-state index contributed by atoms with van der Waals surface area (Å²) in [6, 6.07) is 7.39. The van der Waals surface area contributed by atoms with E-state index in [-0.39, 0.29) is 11.3 Å². The normalized spacial score (nSPS) is 13.7. The molecule has 0 heterocycles. The molecule has 0 spiro atoms. The highest BCUT2D eigenvalue weighted by atomic mass is 32.2. The van der Waals surface area contributed by atoms with Gasteiger partial charge in [0.25, 0.3) is 0 Å². The molecular weight excluding hydrogens is 320 g/mol. The third-order valence-electron chi connectivity index (χ3n) is 3.31. The predicted molar refractivity (Wildman–Crippen MR) is 83.2 cm³/mol. The van der Waals surface area contributed by atoms with Gasteiger partial charge < -0.3 is 9.47 Å². The Balaban J connectivity index is 3.18. The molecule has 126 valence electrons. The number of sulfonamides is 1. The van der Waals surface area contributed by atoms with E-state index in [1.165, 1.54) is 31.4 Å². The summed E-state index contributed by atoms with van der Waals surface area (Å²) in [5, 5.41) is 9.40. The van der Waals surface area contributed by atoms with Crippen molar-refractivity contribution in [3.05, 3.63) is 24.3 Å². The Labute approximate surface area is 136 Å². The molecule has 0 aliphatic carbocycles. The zero-order valence-corrected chi connectivity index (χ0v) is 14.1. The zero-order valence-electron chi connectivity index (χ0n) is 13.3. The average molecular weight is 340 g/mol. The first-order valence-corrected chi connectivity index (χ1v) is 8.51. The molecular formula is C15H20N2O5S. The SMILES string of the molecule is CCCCC(C#N)(NS(=O)(=O)c1ccc(OC)cc1)C(=O)OC. The lowest BCUT2D eigenvalue weighted by Gasteiger charge is -2.24. The van der Waals surface area contributed by atoms with Crippen molar-refractivity contribution in [2.24, 2.45) is 0 Å². The zero-order chi connectivity index (χ0) is 17.5. The molecule has 8 heteroatoms. The van der Waals surface area contributed by atoms with E-state index in [0.717, 1.165) is 7.11 Å². The topological polar surface area (TPSA) is 105 Å². The fourth-order valence-electron chi connectivity index (χ4n) is 1.98. The van der Waals surface area contributed by atoms with Crippen LogP contribution in [0.2, 0.25) is 0 Å². The Morgan fingerprint density at radius 2 is 1.91 bits per heavy atom. The molecule has 0 aliphatic heterocycles. The fraction of sp³-hybridized carbons (Fsp3) is 0.467. The molecule has 0 aromatic heterocycles. The minimum atomic E-state index is -4.07. The van der Waals surface area contributed by atoms with Crippen LogP contribution in [0.3, 0.4) is 0 Å². The van der Waals surface area contributed by atoms with Gasteiger partial charge in [-0.1, -0.05) is 19.8 Å². The quantitative estimate of drug-likeness (QED) is 0.721. The van der Waals surface area contributed by atoms with Crippen LogP contribution >= 0.6 is 0 Å². The number of hydrogen-bond acceptors (Lipinski definition) is 6. The molecule has 0 amide bonds. The highest BCUT2D eigenvalue weighted by Crippen LogP contribution is 2.21. The van der Waals surface area contributed by atoms with Gasteiger partial charge in [0.05, 0.1) is 25.2 Å². The summed E-state index contributed by atoms with van der Waals surface area (Å²) in [6.45, 7) is 1.87. The number of nitriles is 1. The summed E-state index contributed by atoms with van der Waals surface area (Å²) in [6.07, 6.45) is 1.22. The van der Waals surface area contributed by atoms with Crippen molar-refractivity contribution in [1.82, 2.24) is 4.72 Å². The van der Waals surface area contributed by atoms with Crippen molar-refractivity contribution in [3.8, 4) is 11.8 Å². The van der Waals surface area contributed by atoms with Crippen LogP contribution in [0.4, 0.5) is 0 Å². The largest absolute Gasteiger partial charge is 0.497 e. The number of carbonyl (C=O) groups excluding carboxylic acids is 1. The molecule has 0 saturated heterocycles. The smallest absolute Gasteiger partial charge is 0.341 e. The Morgan fingerprint density at radius 1 is 1.30 bits per heavy atom. The van der Waals surface area contributed by atoms with Gasteiger partial charge in [0.1, 0.15) is 5.75 Å². The standard InChI is InChI=1S/C15H20N2O5S/c1-4-5-10-15(11-16,14(18)22-3)17-23(19,20)13-8-6-12(21-2)7-9-13/h6-9,17H,4-5,10H2,1-3H3. The Bertz CT molecular complexity index is 679. The van der Waals surface area contributed by atoms with E-state index in [2.05, 4.69) is 9.46 Å². The number of nitrogens with one attached hydrogen (secondary N) is 1. The molecule has 0 fully saturated rings. The van der Waals surface area contributed by atoms with Gasteiger partial charge in [0.2, 0.25) is 15.6 Å². The molecule has 0 bridgehead atoms. The van der Waals surface area contributed by atoms with Crippen molar-refractivity contribution in [2.75, 3.05) is 14.2 Å². The fourth-order valence-corrected chi connectivity index (χ4v) is 3.28. The lowest BCUT2D eigenvalue weighted by Crippen LogP contribution is -2.54. The molecule has 0 aliphatic rings. The van der Waals surface area contributed by atoms with Gasteiger partial charge in [-0.05, 0) is 30.7 Å². The molecule has 1 atom stereocenters. The Morgan fingerprint density at radius 3 is 2.35 bits per heavy atom. The number of benzene rings is 1. The Hall–Kier alpha value is -2.11. The number of rotatable bonds is 8. The maximum Gasteiger partial charge on any atom is 0.341 e. The molecule has 7 nitrogen and oxygen atoms in total. The monoisotopic (exact) mass is 340 g/mol. The van der Waals surface area contributed by atoms with Crippen LogP contribution < -0.4 is 9.46 Å². The van der Waals surface area contributed by atoms with E-state index in [0.29, 0.717) is 18.6 Å². The molecule has 0 radical (unpaired) electrons. The van der Waals surface area contributed by atoms with Crippen molar-refractivity contribution in [3.63, 3.8) is 0 Å². The minimum Gasteiger partial charge on any atom is -0.497 e. The number of nitrogens with zero attached hydrogens (tertiary/aromatic N) is 1. The van der Waals surface area contributed by atoms with Crippen LogP contribution in [0.25, 0.3) is 0 Å². The van der Waals surface area contributed by atoms with Gasteiger partial charge in [-0.3, -0.25) is 0 Å². The first kappa shape index (κ1) is 18.9. The second-order valence-corrected chi connectivity index (χ2v) is 6.58. The summed E-state index contributed by atoms with van der Waals surface area (Å²) >= 11 is 0. The summed E-state index contributed by atoms with van der Waals surface area (Å²) in [7, 11) is -1.49. The van der Waals surface area contributed by atoms with Crippen molar-refractivity contribution in [1.29, 1.82) is 5.26 Å². The van der Waals surface area contributed by atoms with Crippen LogP contribution in [0.1, 0.15) is 26.2 Å². The average Bonchev–Trinajstić information content (AvgIpc) is 2.57. The van der Waals surface area contributed by atoms with E-state index < -0.39 is 21.5 Å². The molecule has 1 aromatic rings. The Kier molecular flexibility index (Phi) is 6.54. The van der Waals surface area contributed by atoms with Crippen LogP contribution in [-0.4, -0.2) is 34.1 Å². The summed E-state index contributed by atoms with van der Waals surface area (Å²) < 4.78 is 36.7. The lowest BCUT2D eigenvalue weighted by molar-refractivity contribution is -0.145. The molecule has 1 rings (SSSR count). The summed E-state index contributed by atoms with van der Waals surface area (Å²) in [5.74, 6) is -0.431. The van der Waals surface area contributed by atoms with Crippen LogP contribution in [0, 0.1) is 11.3 Å². The molecule has 0 saturated carbocycles. The van der Waals surface area contributed by atoms with Crippen molar-refractivity contribution < 1.29 is 22.7 Å². The molecule has 1 aromatic carbocycles. The van der Waals surface area contributed by atoms with Crippen LogP contribution in [0.15, 0.2) is 29.2 Å². The van der Waals surface area contributed by atoms with Crippen LogP contribution in [0.5, 0.6) is 5.75 Å². The maximum absolute atomic E-state index is 12.5. The van der Waals surface area contributed by atoms with Gasteiger partial charge in [-0.15, -0.1) is 0 Å². The van der Waals surface area contributed by atoms with E-state index in [9.17, 15) is 18.5 Å². The van der Waals surface area contributed by atoms with E-state index >= 15 is 0 Å². The second-order valence-electron chi connectivity index (χ2n) is 4.89. The van der Waals surface area contributed by atoms with E-state index in [1.54, 1.807) is 6.07 Å². The number of ether oxygens (including phenoxy) is 2. The van der Waals surface area contributed by atoms with Gasteiger partial charge in [-0.2, -0.15) is 9.98 Å². The van der Waals surface area contributed by atoms with Gasteiger partial charge in [-0.25, -0.2) is 13.2 Å². The van der Waals surface area contributed by atoms with E-state index in [4.69, 9.17) is 4.74 Å². The summed E-state index contributed by atoms with van der Waals surface area (Å²) in [5.41, 5.74) is -1.94. The maximum atomic E-state index is 12.5. The van der Waals surface area contributed by atoms with Gasteiger partial charge in [0.15, 0.2) is 0 Å². The predicted octanol–water partition coefficient (Wildman–Crippen LogP) is 1.60. The van der Waals surface area contributed by atoms with Crippen LogP contribution in [-0.2, 0) is 19.6 Å². The third kappa shape index (κ3) is 4.43. The van der Waals surface area contributed by atoms with Gasteiger partial charge in [0, 0.05) is 0 Å². The first-order chi connectivity index (χ1) is 10.8. The number of methoxy groups -OCH3 is 2. The van der Waals surface area contributed by atoms with Crippen molar-refractivity contribution >= 4 is 16.0 Å².